The van der Waals surface area contributed by atoms with Crippen molar-refractivity contribution < 1.29 is 4.79 Å². The highest BCUT2D eigenvalue weighted by Gasteiger charge is 2.09. The first kappa shape index (κ1) is 12.6. The fourth-order valence-electron chi connectivity index (χ4n) is 1.50. The SMILES string of the molecule is NC(=O)c1cc(N)ncc1Nc1cccc(I)c1. The van der Waals surface area contributed by atoms with E-state index in [1.54, 1.807) is 0 Å². The molecule has 18 heavy (non-hydrogen) atoms. The van der Waals surface area contributed by atoms with Crippen LogP contribution in [0.4, 0.5) is 17.2 Å². The molecule has 0 atom stereocenters. The van der Waals surface area contributed by atoms with Crippen molar-refractivity contribution in [3.05, 3.63) is 45.7 Å². The van der Waals surface area contributed by atoms with Crippen LogP contribution in [0.2, 0.25) is 0 Å². The molecule has 1 aromatic carbocycles. The summed E-state index contributed by atoms with van der Waals surface area (Å²) in [7, 11) is 0. The largest absolute Gasteiger partial charge is 0.384 e. The van der Waals surface area contributed by atoms with Gasteiger partial charge in [-0.3, -0.25) is 4.79 Å². The van der Waals surface area contributed by atoms with E-state index in [-0.39, 0.29) is 5.82 Å². The smallest absolute Gasteiger partial charge is 0.251 e. The Balaban J connectivity index is 2.37. The molecule has 2 aromatic rings. The molecule has 0 radical (unpaired) electrons. The van der Waals surface area contributed by atoms with Gasteiger partial charge in [0.25, 0.3) is 5.91 Å². The molecule has 92 valence electrons. The molecule has 0 unspecified atom stereocenters. The zero-order chi connectivity index (χ0) is 13.1. The molecule has 0 saturated carbocycles. The summed E-state index contributed by atoms with van der Waals surface area (Å²) in [4.78, 5) is 15.3. The second-order valence-electron chi connectivity index (χ2n) is 3.65. The molecular weight excluding hydrogens is 343 g/mol. The number of anilines is 3. The molecule has 1 amide bonds. The zero-order valence-electron chi connectivity index (χ0n) is 9.35. The maximum atomic E-state index is 11.3. The summed E-state index contributed by atoms with van der Waals surface area (Å²) in [6, 6.07) is 9.18. The van der Waals surface area contributed by atoms with Gasteiger partial charge in [-0.25, -0.2) is 4.98 Å². The predicted molar refractivity (Wildman–Crippen MR) is 79.6 cm³/mol. The molecule has 1 heterocycles. The van der Waals surface area contributed by atoms with Gasteiger partial charge < -0.3 is 16.8 Å². The lowest BCUT2D eigenvalue weighted by Crippen LogP contribution is -2.14. The lowest BCUT2D eigenvalue weighted by atomic mass is 10.2. The molecule has 6 heteroatoms. The van der Waals surface area contributed by atoms with E-state index in [2.05, 4.69) is 32.9 Å². The van der Waals surface area contributed by atoms with Crippen LogP contribution in [0.3, 0.4) is 0 Å². The zero-order valence-corrected chi connectivity index (χ0v) is 11.5. The summed E-state index contributed by atoms with van der Waals surface area (Å²) in [6.07, 6.45) is 1.50. The normalized spacial score (nSPS) is 10.1. The minimum atomic E-state index is -0.544. The molecule has 0 bridgehead atoms. The molecule has 0 aliphatic heterocycles. The average molecular weight is 354 g/mol. The Kier molecular flexibility index (Phi) is 3.66. The highest BCUT2D eigenvalue weighted by molar-refractivity contribution is 14.1. The van der Waals surface area contributed by atoms with Gasteiger partial charge in [-0.1, -0.05) is 6.07 Å². The van der Waals surface area contributed by atoms with Crippen LogP contribution in [0.15, 0.2) is 36.5 Å². The van der Waals surface area contributed by atoms with Crippen molar-refractivity contribution in [1.29, 1.82) is 0 Å². The summed E-state index contributed by atoms with van der Waals surface area (Å²) in [6.45, 7) is 0. The van der Waals surface area contributed by atoms with Gasteiger partial charge in [0.1, 0.15) is 5.82 Å². The number of hydrogen-bond donors (Lipinski definition) is 3. The highest BCUT2D eigenvalue weighted by atomic mass is 127. The van der Waals surface area contributed by atoms with Crippen LogP contribution in [0, 0.1) is 3.57 Å². The van der Waals surface area contributed by atoms with Crippen molar-refractivity contribution in [2.45, 2.75) is 0 Å². The molecule has 5 N–H and O–H groups in total. The van der Waals surface area contributed by atoms with Crippen molar-refractivity contribution in [1.82, 2.24) is 4.98 Å². The Hall–Kier alpha value is -1.83. The van der Waals surface area contributed by atoms with Gasteiger partial charge in [0.2, 0.25) is 0 Å². The fraction of sp³-hybridized carbons (Fsp3) is 0. The van der Waals surface area contributed by atoms with Gasteiger partial charge in [0, 0.05) is 9.26 Å². The molecule has 2 rings (SSSR count). The van der Waals surface area contributed by atoms with E-state index < -0.39 is 5.91 Å². The third kappa shape index (κ3) is 2.89. The number of nitrogens with zero attached hydrogens (tertiary/aromatic N) is 1. The van der Waals surface area contributed by atoms with Crippen LogP contribution in [-0.4, -0.2) is 10.9 Å². The Labute approximate surface area is 118 Å². The maximum absolute atomic E-state index is 11.3. The van der Waals surface area contributed by atoms with E-state index in [1.165, 1.54) is 12.3 Å². The summed E-state index contributed by atoms with van der Waals surface area (Å²) < 4.78 is 1.08. The third-order valence-electron chi connectivity index (χ3n) is 2.29. The number of carbonyl (C=O) groups is 1. The first-order chi connectivity index (χ1) is 8.56. The summed E-state index contributed by atoms with van der Waals surface area (Å²) in [5.41, 5.74) is 12.6. The first-order valence-electron chi connectivity index (χ1n) is 5.14. The lowest BCUT2D eigenvalue weighted by Gasteiger charge is -2.10. The number of pyridine rings is 1. The van der Waals surface area contributed by atoms with E-state index in [1.807, 2.05) is 24.3 Å². The topological polar surface area (TPSA) is 94.0 Å². The minimum absolute atomic E-state index is 0.261. The highest BCUT2D eigenvalue weighted by Crippen LogP contribution is 2.22. The molecule has 0 aliphatic carbocycles. The van der Waals surface area contributed by atoms with Gasteiger partial charge in [-0.05, 0) is 46.9 Å². The van der Waals surface area contributed by atoms with Crippen molar-refractivity contribution in [3.63, 3.8) is 0 Å². The van der Waals surface area contributed by atoms with E-state index in [4.69, 9.17) is 11.5 Å². The lowest BCUT2D eigenvalue weighted by molar-refractivity contribution is 0.100. The van der Waals surface area contributed by atoms with Crippen molar-refractivity contribution in [3.8, 4) is 0 Å². The molecule has 1 aromatic heterocycles. The van der Waals surface area contributed by atoms with Gasteiger partial charge >= 0.3 is 0 Å². The minimum Gasteiger partial charge on any atom is -0.384 e. The number of hydrogen-bond acceptors (Lipinski definition) is 4. The van der Waals surface area contributed by atoms with Gasteiger partial charge in [0.05, 0.1) is 17.4 Å². The van der Waals surface area contributed by atoms with Crippen LogP contribution < -0.4 is 16.8 Å². The van der Waals surface area contributed by atoms with E-state index in [0.29, 0.717) is 11.3 Å². The second kappa shape index (κ2) is 5.21. The second-order valence-corrected chi connectivity index (χ2v) is 4.90. The van der Waals surface area contributed by atoms with Crippen LogP contribution in [0.25, 0.3) is 0 Å². The predicted octanol–water partition coefficient (Wildman–Crippen LogP) is 2.11. The van der Waals surface area contributed by atoms with Crippen molar-refractivity contribution in [2.24, 2.45) is 5.73 Å². The molecule has 0 saturated heterocycles. The molecule has 0 fully saturated rings. The molecule has 0 aliphatic rings. The quantitative estimate of drug-likeness (QED) is 0.736. The van der Waals surface area contributed by atoms with Crippen LogP contribution in [0.1, 0.15) is 10.4 Å². The number of nitrogen functional groups attached to an aromatic ring is 1. The number of benzene rings is 1. The van der Waals surface area contributed by atoms with E-state index in [9.17, 15) is 4.79 Å². The van der Waals surface area contributed by atoms with Gasteiger partial charge in [0.15, 0.2) is 0 Å². The monoisotopic (exact) mass is 354 g/mol. The van der Waals surface area contributed by atoms with Crippen LogP contribution in [-0.2, 0) is 0 Å². The Bertz CT molecular complexity index is 600. The third-order valence-corrected chi connectivity index (χ3v) is 2.97. The molecular formula is C12H11IN4O. The number of amides is 1. The number of halogens is 1. The van der Waals surface area contributed by atoms with Gasteiger partial charge in [-0.2, -0.15) is 0 Å². The summed E-state index contributed by atoms with van der Waals surface area (Å²) in [5.74, 6) is -0.283. The van der Waals surface area contributed by atoms with E-state index in [0.717, 1.165) is 9.26 Å². The maximum Gasteiger partial charge on any atom is 0.251 e. The standard InChI is InChI=1S/C12H11IN4O/c13-7-2-1-3-8(4-7)17-10-6-16-11(14)5-9(10)12(15)18/h1-6,17H,(H2,14,16)(H2,15,18). The molecule has 0 spiro atoms. The Morgan fingerprint density at radius 2 is 2.11 bits per heavy atom. The van der Waals surface area contributed by atoms with Crippen LogP contribution in [0.5, 0.6) is 0 Å². The Morgan fingerprint density at radius 1 is 1.33 bits per heavy atom. The summed E-state index contributed by atoms with van der Waals surface area (Å²) >= 11 is 2.21. The van der Waals surface area contributed by atoms with Gasteiger partial charge in [-0.15, -0.1) is 0 Å². The summed E-state index contributed by atoms with van der Waals surface area (Å²) in [5, 5.41) is 3.10. The number of primary amides is 1. The molecule has 5 nitrogen and oxygen atoms in total. The number of nitrogens with two attached hydrogens (primary N) is 2. The van der Waals surface area contributed by atoms with Crippen molar-refractivity contribution >= 4 is 45.7 Å². The first-order valence-corrected chi connectivity index (χ1v) is 6.22. The number of nitrogens with one attached hydrogen (secondary N) is 1. The van der Waals surface area contributed by atoms with Crippen molar-refractivity contribution in [2.75, 3.05) is 11.1 Å². The number of aromatic nitrogens is 1. The van der Waals surface area contributed by atoms with E-state index >= 15 is 0 Å². The Morgan fingerprint density at radius 3 is 2.78 bits per heavy atom. The number of rotatable bonds is 3. The average Bonchev–Trinajstić information content (AvgIpc) is 2.31. The fourth-order valence-corrected chi connectivity index (χ4v) is 2.04. The van der Waals surface area contributed by atoms with Crippen LogP contribution >= 0.6 is 22.6 Å². The number of carbonyl (C=O) groups excluding carboxylic acids is 1.